The van der Waals surface area contributed by atoms with E-state index in [2.05, 4.69) is 10.4 Å². The van der Waals surface area contributed by atoms with Crippen molar-refractivity contribution in [2.24, 2.45) is 7.05 Å². The predicted octanol–water partition coefficient (Wildman–Crippen LogP) is 2.73. The average Bonchev–Trinajstić information content (AvgIpc) is 3.22. The van der Waals surface area contributed by atoms with Gasteiger partial charge in [0.15, 0.2) is 0 Å². The average molecular weight is 330 g/mol. The fraction of sp³-hybridized carbons (Fsp3) is 0.412. The summed E-state index contributed by atoms with van der Waals surface area (Å²) < 4.78 is 1.79. The van der Waals surface area contributed by atoms with E-state index in [0.29, 0.717) is 12.6 Å². The fourth-order valence-corrected chi connectivity index (χ4v) is 4.06. The largest absolute Gasteiger partial charge is 0.334 e. The molecule has 1 atom stereocenters. The van der Waals surface area contributed by atoms with E-state index in [-0.39, 0.29) is 6.03 Å². The zero-order valence-corrected chi connectivity index (χ0v) is 14.3. The second-order valence-corrected chi connectivity index (χ2v) is 6.98. The Balaban J connectivity index is 1.67. The molecular formula is C17H22N4OS. The summed E-state index contributed by atoms with van der Waals surface area (Å²) in [6.45, 7) is 0.487. The standard InChI is InChI=1S/C17H22N4OS/c1-20-11-14(16(19-20)13-6-4-3-5-7-13)10-18-17(22)21(2)15-8-9-23-12-15/h3-7,11,15H,8-10,12H2,1-2H3,(H,18,22). The molecule has 6 heteroatoms. The molecule has 23 heavy (non-hydrogen) atoms. The Morgan fingerprint density at radius 1 is 1.43 bits per heavy atom. The molecule has 0 saturated carbocycles. The highest BCUT2D eigenvalue weighted by molar-refractivity contribution is 7.99. The van der Waals surface area contributed by atoms with E-state index >= 15 is 0 Å². The first-order valence-electron chi connectivity index (χ1n) is 7.81. The maximum Gasteiger partial charge on any atom is 0.317 e. The van der Waals surface area contributed by atoms with Crippen LogP contribution in [0.4, 0.5) is 4.79 Å². The van der Waals surface area contributed by atoms with Crippen molar-refractivity contribution in [3.63, 3.8) is 0 Å². The summed E-state index contributed by atoms with van der Waals surface area (Å²) in [6.07, 6.45) is 3.05. The van der Waals surface area contributed by atoms with Gasteiger partial charge in [0, 0.05) is 49.8 Å². The molecule has 0 aliphatic carbocycles. The molecule has 0 radical (unpaired) electrons. The first kappa shape index (κ1) is 15.9. The van der Waals surface area contributed by atoms with Crippen LogP contribution in [0, 0.1) is 0 Å². The molecule has 3 rings (SSSR count). The van der Waals surface area contributed by atoms with Gasteiger partial charge in [0.05, 0.1) is 5.69 Å². The molecule has 2 aromatic rings. The molecule has 1 fully saturated rings. The number of carbonyl (C=O) groups excluding carboxylic acids is 1. The van der Waals surface area contributed by atoms with E-state index < -0.39 is 0 Å². The van der Waals surface area contributed by atoms with Crippen LogP contribution in [0.3, 0.4) is 0 Å². The number of aryl methyl sites for hydroxylation is 1. The Labute approximate surface area is 141 Å². The summed E-state index contributed by atoms with van der Waals surface area (Å²) >= 11 is 1.91. The van der Waals surface area contributed by atoms with Crippen LogP contribution >= 0.6 is 11.8 Å². The van der Waals surface area contributed by atoms with Gasteiger partial charge in [-0.05, 0) is 12.2 Å². The normalized spacial score (nSPS) is 17.2. The Morgan fingerprint density at radius 2 is 2.22 bits per heavy atom. The summed E-state index contributed by atoms with van der Waals surface area (Å²) in [7, 11) is 3.78. The van der Waals surface area contributed by atoms with Crippen LogP contribution in [-0.2, 0) is 13.6 Å². The minimum Gasteiger partial charge on any atom is -0.334 e. The lowest BCUT2D eigenvalue weighted by Crippen LogP contribution is -2.43. The van der Waals surface area contributed by atoms with Crippen LogP contribution in [-0.4, -0.2) is 45.3 Å². The van der Waals surface area contributed by atoms with Crippen molar-refractivity contribution in [3.8, 4) is 11.3 Å². The molecule has 1 aliphatic heterocycles. The summed E-state index contributed by atoms with van der Waals surface area (Å²) in [4.78, 5) is 14.2. The van der Waals surface area contributed by atoms with Crippen molar-refractivity contribution in [3.05, 3.63) is 42.1 Å². The van der Waals surface area contributed by atoms with Crippen LogP contribution in [0.5, 0.6) is 0 Å². The van der Waals surface area contributed by atoms with Crippen molar-refractivity contribution in [2.45, 2.75) is 19.0 Å². The number of rotatable bonds is 4. The monoisotopic (exact) mass is 330 g/mol. The number of nitrogens with zero attached hydrogens (tertiary/aromatic N) is 3. The number of aromatic nitrogens is 2. The van der Waals surface area contributed by atoms with Crippen molar-refractivity contribution in [1.82, 2.24) is 20.0 Å². The highest BCUT2D eigenvalue weighted by atomic mass is 32.2. The van der Waals surface area contributed by atoms with Crippen LogP contribution in [0.15, 0.2) is 36.5 Å². The van der Waals surface area contributed by atoms with E-state index in [4.69, 9.17) is 0 Å². The van der Waals surface area contributed by atoms with Crippen molar-refractivity contribution in [1.29, 1.82) is 0 Å². The molecule has 5 nitrogen and oxygen atoms in total. The van der Waals surface area contributed by atoms with Gasteiger partial charge in [-0.1, -0.05) is 30.3 Å². The van der Waals surface area contributed by atoms with Gasteiger partial charge in [0.1, 0.15) is 0 Å². The highest BCUT2D eigenvalue weighted by Gasteiger charge is 2.23. The second-order valence-electron chi connectivity index (χ2n) is 5.83. The molecule has 0 bridgehead atoms. The first-order valence-corrected chi connectivity index (χ1v) is 8.97. The molecule has 2 amide bonds. The van der Waals surface area contributed by atoms with Crippen LogP contribution in [0.25, 0.3) is 11.3 Å². The molecule has 1 aromatic carbocycles. The minimum absolute atomic E-state index is 0.0136. The number of urea groups is 1. The lowest BCUT2D eigenvalue weighted by Gasteiger charge is -2.24. The maximum atomic E-state index is 12.3. The summed E-state index contributed by atoms with van der Waals surface area (Å²) in [5.41, 5.74) is 3.02. The molecule has 2 heterocycles. The zero-order valence-electron chi connectivity index (χ0n) is 13.5. The molecule has 122 valence electrons. The molecule has 1 aliphatic rings. The van der Waals surface area contributed by atoms with Gasteiger partial charge >= 0.3 is 6.03 Å². The lowest BCUT2D eigenvalue weighted by molar-refractivity contribution is 0.195. The number of benzene rings is 1. The predicted molar refractivity (Wildman–Crippen MR) is 94.4 cm³/mol. The summed E-state index contributed by atoms with van der Waals surface area (Å²) in [5, 5.41) is 7.55. The topological polar surface area (TPSA) is 50.2 Å². The van der Waals surface area contributed by atoms with Gasteiger partial charge in [-0.25, -0.2) is 4.79 Å². The molecule has 1 unspecified atom stereocenters. The number of amides is 2. The van der Waals surface area contributed by atoms with Gasteiger partial charge < -0.3 is 10.2 Å². The summed E-state index contributed by atoms with van der Waals surface area (Å²) in [5.74, 6) is 2.18. The number of nitrogens with one attached hydrogen (secondary N) is 1. The van der Waals surface area contributed by atoms with Crippen LogP contribution in [0.2, 0.25) is 0 Å². The van der Waals surface area contributed by atoms with E-state index in [1.54, 1.807) is 4.68 Å². The third-order valence-electron chi connectivity index (χ3n) is 4.16. The highest BCUT2D eigenvalue weighted by Crippen LogP contribution is 2.23. The van der Waals surface area contributed by atoms with E-state index in [1.165, 1.54) is 0 Å². The van der Waals surface area contributed by atoms with Gasteiger partial charge in [-0.15, -0.1) is 0 Å². The third-order valence-corrected chi connectivity index (χ3v) is 5.30. The first-order chi connectivity index (χ1) is 11.1. The summed E-state index contributed by atoms with van der Waals surface area (Å²) in [6, 6.07) is 10.4. The van der Waals surface area contributed by atoms with Crippen LogP contribution < -0.4 is 5.32 Å². The lowest BCUT2D eigenvalue weighted by atomic mass is 10.1. The Kier molecular flexibility index (Phi) is 4.91. The van der Waals surface area contributed by atoms with Crippen molar-refractivity contribution < 1.29 is 4.79 Å². The van der Waals surface area contributed by atoms with Gasteiger partial charge in [-0.3, -0.25) is 4.68 Å². The number of hydrogen-bond acceptors (Lipinski definition) is 3. The van der Waals surface area contributed by atoms with E-state index in [9.17, 15) is 4.79 Å². The number of thioether (sulfide) groups is 1. The molecular weight excluding hydrogens is 308 g/mol. The molecule has 0 spiro atoms. The van der Waals surface area contributed by atoms with E-state index in [0.717, 1.165) is 34.7 Å². The van der Waals surface area contributed by atoms with E-state index in [1.807, 2.05) is 67.3 Å². The molecule has 1 aromatic heterocycles. The zero-order chi connectivity index (χ0) is 16.2. The number of carbonyl (C=O) groups is 1. The number of hydrogen-bond donors (Lipinski definition) is 1. The Hall–Kier alpha value is -1.95. The Morgan fingerprint density at radius 3 is 2.91 bits per heavy atom. The van der Waals surface area contributed by atoms with Crippen LogP contribution in [0.1, 0.15) is 12.0 Å². The van der Waals surface area contributed by atoms with Gasteiger partial charge in [0.25, 0.3) is 0 Å². The fourth-order valence-electron chi connectivity index (χ4n) is 2.79. The van der Waals surface area contributed by atoms with Crippen molar-refractivity contribution in [2.75, 3.05) is 18.6 Å². The van der Waals surface area contributed by atoms with Crippen molar-refractivity contribution >= 4 is 17.8 Å². The second kappa shape index (κ2) is 7.08. The maximum absolute atomic E-state index is 12.3. The smallest absolute Gasteiger partial charge is 0.317 e. The Bertz CT molecular complexity index is 664. The molecule has 1 N–H and O–H groups in total. The van der Waals surface area contributed by atoms with Gasteiger partial charge in [0.2, 0.25) is 0 Å². The quantitative estimate of drug-likeness (QED) is 0.938. The SMILES string of the molecule is CN(C(=O)NCc1cn(C)nc1-c1ccccc1)C1CCSC1. The van der Waals surface area contributed by atoms with Gasteiger partial charge in [-0.2, -0.15) is 16.9 Å². The third kappa shape index (κ3) is 3.69. The molecule has 1 saturated heterocycles. The minimum atomic E-state index is -0.0136.